The van der Waals surface area contributed by atoms with Crippen LogP contribution in [0.2, 0.25) is 0 Å². The zero-order chi connectivity index (χ0) is 19.1. The second-order valence-electron chi connectivity index (χ2n) is 5.63. The normalized spacial score (nSPS) is 10.2. The van der Waals surface area contributed by atoms with Gasteiger partial charge in [-0.05, 0) is 31.5 Å². The molecule has 0 bridgehead atoms. The summed E-state index contributed by atoms with van der Waals surface area (Å²) in [5.74, 6) is -1.82. The quantitative estimate of drug-likeness (QED) is 0.577. The van der Waals surface area contributed by atoms with E-state index in [4.69, 9.17) is 14.6 Å². The summed E-state index contributed by atoms with van der Waals surface area (Å²) < 4.78 is 10.7. The fraction of sp³-hybridized carbons (Fsp3) is 0.250. The molecule has 136 valence electrons. The molecular formula is C20H20O6. The molecular weight excluding hydrogens is 336 g/mol. The molecule has 0 saturated heterocycles. The standard InChI is InChI=1S/C20H20O6/c1-3-25-20(24)17-11-18(26-12-14-7-5-4-6-8-14)15(10-19(22)23)9-16(17)13(2)21/h4-9,11H,3,10,12H2,1-2H3,(H,22,23). The Labute approximate surface area is 151 Å². The van der Waals surface area contributed by atoms with Crippen molar-refractivity contribution >= 4 is 17.7 Å². The average molecular weight is 356 g/mol. The van der Waals surface area contributed by atoms with E-state index >= 15 is 0 Å². The third kappa shape index (κ3) is 4.92. The van der Waals surface area contributed by atoms with Gasteiger partial charge in [-0.1, -0.05) is 30.3 Å². The molecule has 0 fully saturated rings. The van der Waals surface area contributed by atoms with E-state index in [9.17, 15) is 14.4 Å². The fourth-order valence-electron chi connectivity index (χ4n) is 2.46. The van der Waals surface area contributed by atoms with Crippen LogP contribution in [-0.4, -0.2) is 29.4 Å². The fourth-order valence-corrected chi connectivity index (χ4v) is 2.46. The highest BCUT2D eigenvalue weighted by molar-refractivity contribution is 6.06. The number of rotatable bonds is 8. The molecule has 0 aliphatic carbocycles. The molecule has 26 heavy (non-hydrogen) atoms. The third-order valence-corrected chi connectivity index (χ3v) is 3.65. The van der Waals surface area contributed by atoms with Crippen molar-refractivity contribution in [2.75, 3.05) is 6.61 Å². The van der Waals surface area contributed by atoms with Crippen LogP contribution in [0.3, 0.4) is 0 Å². The molecule has 0 saturated carbocycles. The Kier molecular flexibility index (Phi) is 6.49. The first-order valence-corrected chi connectivity index (χ1v) is 8.15. The minimum atomic E-state index is -1.06. The van der Waals surface area contributed by atoms with Gasteiger partial charge in [-0.3, -0.25) is 9.59 Å². The van der Waals surface area contributed by atoms with Crippen LogP contribution in [0.1, 0.15) is 45.7 Å². The van der Waals surface area contributed by atoms with Gasteiger partial charge in [0.25, 0.3) is 0 Å². The van der Waals surface area contributed by atoms with Gasteiger partial charge in [0.15, 0.2) is 5.78 Å². The Hall–Kier alpha value is -3.15. The Morgan fingerprint density at radius 1 is 1.04 bits per heavy atom. The summed E-state index contributed by atoms with van der Waals surface area (Å²) >= 11 is 0. The molecule has 0 aromatic heterocycles. The Morgan fingerprint density at radius 3 is 2.31 bits per heavy atom. The molecule has 2 rings (SSSR count). The zero-order valence-corrected chi connectivity index (χ0v) is 14.7. The van der Waals surface area contributed by atoms with E-state index in [2.05, 4.69) is 0 Å². The van der Waals surface area contributed by atoms with Gasteiger partial charge in [-0.25, -0.2) is 4.79 Å². The Balaban J connectivity index is 2.44. The van der Waals surface area contributed by atoms with Crippen molar-refractivity contribution in [3.8, 4) is 5.75 Å². The molecule has 0 radical (unpaired) electrons. The van der Waals surface area contributed by atoms with Crippen LogP contribution in [0, 0.1) is 0 Å². The lowest BCUT2D eigenvalue weighted by molar-refractivity contribution is -0.136. The average Bonchev–Trinajstić information content (AvgIpc) is 2.60. The lowest BCUT2D eigenvalue weighted by atomic mass is 9.98. The van der Waals surface area contributed by atoms with Crippen LogP contribution in [0.25, 0.3) is 0 Å². The van der Waals surface area contributed by atoms with E-state index in [1.165, 1.54) is 19.1 Å². The van der Waals surface area contributed by atoms with Crippen molar-refractivity contribution < 1.29 is 29.0 Å². The minimum Gasteiger partial charge on any atom is -0.489 e. The maximum Gasteiger partial charge on any atom is 0.338 e. The molecule has 0 spiro atoms. The predicted octanol–water partition coefficient (Wildman–Crippen LogP) is 3.27. The van der Waals surface area contributed by atoms with Gasteiger partial charge in [-0.2, -0.15) is 0 Å². The van der Waals surface area contributed by atoms with Crippen molar-refractivity contribution in [2.24, 2.45) is 0 Å². The first kappa shape index (κ1) is 19.2. The third-order valence-electron chi connectivity index (χ3n) is 3.65. The topological polar surface area (TPSA) is 89.9 Å². The minimum absolute atomic E-state index is 0.0663. The number of carboxylic acid groups (broad SMARTS) is 1. The highest BCUT2D eigenvalue weighted by Gasteiger charge is 2.21. The van der Waals surface area contributed by atoms with E-state index in [-0.39, 0.29) is 42.3 Å². The molecule has 1 N–H and O–H groups in total. The Morgan fingerprint density at radius 2 is 1.73 bits per heavy atom. The van der Waals surface area contributed by atoms with E-state index in [1.54, 1.807) is 6.92 Å². The summed E-state index contributed by atoms with van der Waals surface area (Å²) in [6.07, 6.45) is -0.326. The molecule has 0 atom stereocenters. The van der Waals surface area contributed by atoms with Crippen LogP contribution in [0.4, 0.5) is 0 Å². The summed E-state index contributed by atoms with van der Waals surface area (Å²) in [5.41, 5.74) is 1.40. The van der Waals surface area contributed by atoms with Gasteiger partial charge in [0.2, 0.25) is 0 Å². The highest BCUT2D eigenvalue weighted by Crippen LogP contribution is 2.27. The molecule has 6 nitrogen and oxygen atoms in total. The smallest absolute Gasteiger partial charge is 0.338 e. The van der Waals surface area contributed by atoms with Gasteiger partial charge < -0.3 is 14.6 Å². The molecule has 2 aromatic rings. The van der Waals surface area contributed by atoms with Gasteiger partial charge in [0.05, 0.1) is 18.6 Å². The van der Waals surface area contributed by atoms with Gasteiger partial charge in [0, 0.05) is 11.1 Å². The van der Waals surface area contributed by atoms with E-state index in [0.29, 0.717) is 5.56 Å². The predicted molar refractivity (Wildman–Crippen MR) is 94.5 cm³/mol. The van der Waals surface area contributed by atoms with Crippen LogP contribution in [-0.2, 0) is 22.6 Å². The van der Waals surface area contributed by atoms with E-state index < -0.39 is 11.9 Å². The molecule has 6 heteroatoms. The zero-order valence-electron chi connectivity index (χ0n) is 14.7. The molecule has 0 heterocycles. The number of carbonyl (C=O) groups excluding carboxylic acids is 2. The summed E-state index contributed by atoms with van der Waals surface area (Å²) in [7, 11) is 0. The van der Waals surface area contributed by atoms with E-state index in [0.717, 1.165) is 5.56 Å². The second-order valence-corrected chi connectivity index (χ2v) is 5.63. The van der Waals surface area contributed by atoms with Crippen LogP contribution < -0.4 is 4.74 Å². The number of Topliss-reactive ketones (excluding diaryl/α,β-unsaturated/α-hetero) is 1. The number of hydrogen-bond donors (Lipinski definition) is 1. The molecule has 0 amide bonds. The number of ether oxygens (including phenoxy) is 2. The summed E-state index contributed by atoms with van der Waals surface area (Å²) in [6.45, 7) is 3.34. The number of ketones is 1. The number of carbonyl (C=O) groups is 3. The molecule has 2 aromatic carbocycles. The summed E-state index contributed by atoms with van der Waals surface area (Å²) in [5, 5.41) is 9.14. The SMILES string of the molecule is CCOC(=O)c1cc(OCc2ccccc2)c(CC(=O)O)cc1C(C)=O. The van der Waals surface area contributed by atoms with Crippen LogP contribution in [0.15, 0.2) is 42.5 Å². The van der Waals surface area contributed by atoms with Crippen molar-refractivity contribution in [1.29, 1.82) is 0 Å². The molecule has 0 unspecified atom stereocenters. The van der Waals surface area contributed by atoms with Gasteiger partial charge >= 0.3 is 11.9 Å². The Bertz CT molecular complexity index is 811. The van der Waals surface area contributed by atoms with Crippen molar-refractivity contribution in [1.82, 2.24) is 0 Å². The van der Waals surface area contributed by atoms with Crippen LogP contribution in [0.5, 0.6) is 5.75 Å². The van der Waals surface area contributed by atoms with E-state index in [1.807, 2.05) is 30.3 Å². The van der Waals surface area contributed by atoms with Crippen molar-refractivity contribution in [3.63, 3.8) is 0 Å². The number of benzene rings is 2. The summed E-state index contributed by atoms with van der Waals surface area (Å²) in [4.78, 5) is 35.3. The number of hydrogen-bond acceptors (Lipinski definition) is 5. The first-order chi connectivity index (χ1) is 12.4. The first-order valence-electron chi connectivity index (χ1n) is 8.15. The lowest BCUT2D eigenvalue weighted by Crippen LogP contribution is -2.13. The van der Waals surface area contributed by atoms with Gasteiger partial charge in [-0.15, -0.1) is 0 Å². The highest BCUT2D eigenvalue weighted by atomic mass is 16.5. The maximum atomic E-state index is 12.2. The largest absolute Gasteiger partial charge is 0.489 e. The molecule has 0 aliphatic rings. The summed E-state index contributed by atoms with van der Waals surface area (Å²) in [6, 6.07) is 12.1. The van der Waals surface area contributed by atoms with Crippen LogP contribution >= 0.6 is 0 Å². The number of esters is 1. The number of aliphatic carboxylic acids is 1. The monoisotopic (exact) mass is 356 g/mol. The molecule has 0 aliphatic heterocycles. The lowest BCUT2D eigenvalue weighted by Gasteiger charge is -2.15. The second kappa shape index (κ2) is 8.80. The van der Waals surface area contributed by atoms with Crippen molar-refractivity contribution in [2.45, 2.75) is 26.9 Å². The van der Waals surface area contributed by atoms with Crippen molar-refractivity contribution in [3.05, 3.63) is 64.7 Å². The van der Waals surface area contributed by atoms with Gasteiger partial charge in [0.1, 0.15) is 12.4 Å². The maximum absolute atomic E-state index is 12.2. The number of carboxylic acids is 1.